The number of carbonyl (C=O) groups excluding carboxylic acids is 2. The summed E-state index contributed by atoms with van der Waals surface area (Å²) in [6.07, 6.45) is 0.866. The van der Waals surface area contributed by atoms with Crippen molar-refractivity contribution in [2.45, 2.75) is 20.3 Å². The van der Waals surface area contributed by atoms with Crippen LogP contribution < -0.4 is 15.0 Å². The minimum atomic E-state index is -0.181. The number of carbonyl (C=O) groups is 2. The van der Waals surface area contributed by atoms with E-state index in [0.717, 1.165) is 6.42 Å². The molecule has 5 heteroatoms. The summed E-state index contributed by atoms with van der Waals surface area (Å²) < 4.78 is 5.12. The van der Waals surface area contributed by atoms with Crippen molar-refractivity contribution in [3.63, 3.8) is 0 Å². The van der Waals surface area contributed by atoms with Crippen LogP contribution >= 0.6 is 0 Å². The molecule has 0 radical (unpaired) electrons. The molecule has 0 heterocycles. The van der Waals surface area contributed by atoms with Crippen molar-refractivity contribution in [3.05, 3.63) is 24.3 Å². The average Bonchev–Trinajstić information content (AvgIpc) is 2.42. The fraction of sp³-hybridized carbons (Fsp3) is 0.429. The number of ether oxygens (including phenoxy) is 1. The number of hydrogen-bond acceptors (Lipinski definition) is 3. The number of nitrogens with one attached hydrogen (secondary N) is 1. The van der Waals surface area contributed by atoms with Crippen LogP contribution in [0.1, 0.15) is 20.3 Å². The van der Waals surface area contributed by atoms with Gasteiger partial charge in [0.2, 0.25) is 11.8 Å². The normalized spacial score (nSPS) is 9.84. The summed E-state index contributed by atoms with van der Waals surface area (Å²) in [5.41, 5.74) is 0.651. The summed E-state index contributed by atoms with van der Waals surface area (Å²) in [7, 11) is 1.56. The van der Waals surface area contributed by atoms with Gasteiger partial charge in [-0.1, -0.05) is 13.0 Å². The van der Waals surface area contributed by atoms with Crippen molar-refractivity contribution in [1.29, 1.82) is 0 Å². The average molecular weight is 264 g/mol. The van der Waals surface area contributed by atoms with Gasteiger partial charge in [-0.15, -0.1) is 0 Å². The minimum Gasteiger partial charge on any atom is -0.497 e. The highest BCUT2D eigenvalue weighted by Gasteiger charge is 2.15. The molecule has 0 atom stereocenters. The Morgan fingerprint density at radius 2 is 2.11 bits per heavy atom. The van der Waals surface area contributed by atoms with Gasteiger partial charge < -0.3 is 15.0 Å². The molecule has 2 amide bonds. The second-order valence-electron chi connectivity index (χ2n) is 4.16. The fourth-order valence-electron chi connectivity index (χ4n) is 1.63. The van der Waals surface area contributed by atoms with Gasteiger partial charge in [-0.05, 0) is 18.6 Å². The highest BCUT2D eigenvalue weighted by molar-refractivity contribution is 5.97. The molecule has 0 spiro atoms. The molecule has 1 aromatic rings. The maximum Gasteiger partial charge on any atom is 0.240 e. The van der Waals surface area contributed by atoms with Crippen LogP contribution in [0.5, 0.6) is 5.75 Å². The first kappa shape index (κ1) is 15.0. The number of anilines is 1. The van der Waals surface area contributed by atoms with E-state index in [2.05, 4.69) is 5.32 Å². The summed E-state index contributed by atoms with van der Waals surface area (Å²) in [4.78, 5) is 24.8. The molecule has 0 fully saturated rings. The number of hydrogen-bond donors (Lipinski definition) is 1. The molecule has 0 aliphatic rings. The molecule has 0 saturated carbocycles. The Hall–Kier alpha value is -2.04. The first-order valence-electron chi connectivity index (χ1n) is 6.27. The zero-order chi connectivity index (χ0) is 14.3. The highest BCUT2D eigenvalue weighted by atomic mass is 16.5. The molecule has 1 rings (SSSR count). The smallest absolute Gasteiger partial charge is 0.240 e. The SMILES string of the molecule is CCCNC(=O)CN(C(C)=O)c1cccc(OC)c1. The van der Waals surface area contributed by atoms with Crippen molar-refractivity contribution in [2.75, 3.05) is 25.1 Å². The van der Waals surface area contributed by atoms with Crippen molar-refractivity contribution in [3.8, 4) is 5.75 Å². The zero-order valence-electron chi connectivity index (χ0n) is 11.6. The fourth-order valence-corrected chi connectivity index (χ4v) is 1.63. The van der Waals surface area contributed by atoms with E-state index >= 15 is 0 Å². The van der Waals surface area contributed by atoms with Crippen molar-refractivity contribution < 1.29 is 14.3 Å². The number of methoxy groups -OCH3 is 1. The monoisotopic (exact) mass is 264 g/mol. The predicted molar refractivity (Wildman–Crippen MR) is 74.3 cm³/mol. The second kappa shape index (κ2) is 7.41. The molecule has 0 saturated heterocycles. The van der Waals surface area contributed by atoms with Crippen LogP contribution in [0.4, 0.5) is 5.69 Å². The van der Waals surface area contributed by atoms with Crippen LogP contribution in [0.25, 0.3) is 0 Å². The molecule has 0 bridgehead atoms. The van der Waals surface area contributed by atoms with Gasteiger partial charge in [-0.3, -0.25) is 9.59 Å². The first-order chi connectivity index (χ1) is 9.08. The van der Waals surface area contributed by atoms with E-state index in [1.165, 1.54) is 11.8 Å². The van der Waals surface area contributed by atoms with Gasteiger partial charge in [0.25, 0.3) is 0 Å². The maximum absolute atomic E-state index is 11.7. The lowest BCUT2D eigenvalue weighted by Crippen LogP contribution is -2.40. The van der Waals surface area contributed by atoms with E-state index in [9.17, 15) is 9.59 Å². The van der Waals surface area contributed by atoms with Crippen LogP contribution in [-0.4, -0.2) is 32.0 Å². The number of rotatable bonds is 6. The van der Waals surface area contributed by atoms with E-state index < -0.39 is 0 Å². The second-order valence-corrected chi connectivity index (χ2v) is 4.16. The molecule has 5 nitrogen and oxygen atoms in total. The van der Waals surface area contributed by atoms with E-state index in [1.807, 2.05) is 6.92 Å². The lowest BCUT2D eigenvalue weighted by Gasteiger charge is -2.21. The van der Waals surface area contributed by atoms with E-state index in [0.29, 0.717) is 18.0 Å². The Morgan fingerprint density at radius 3 is 2.68 bits per heavy atom. The molecule has 0 aromatic heterocycles. The van der Waals surface area contributed by atoms with Gasteiger partial charge in [0.1, 0.15) is 12.3 Å². The van der Waals surface area contributed by atoms with Crippen LogP contribution in [0, 0.1) is 0 Å². The van der Waals surface area contributed by atoms with Gasteiger partial charge in [-0.2, -0.15) is 0 Å². The number of nitrogens with zero attached hydrogens (tertiary/aromatic N) is 1. The number of benzene rings is 1. The molecule has 19 heavy (non-hydrogen) atoms. The molecule has 1 N–H and O–H groups in total. The number of amides is 2. The molecule has 0 unspecified atom stereocenters. The topological polar surface area (TPSA) is 58.6 Å². The Morgan fingerprint density at radius 1 is 1.37 bits per heavy atom. The Bertz CT molecular complexity index is 446. The highest BCUT2D eigenvalue weighted by Crippen LogP contribution is 2.20. The Balaban J connectivity index is 2.82. The molecule has 104 valence electrons. The zero-order valence-corrected chi connectivity index (χ0v) is 11.6. The van der Waals surface area contributed by atoms with Crippen LogP contribution in [0.3, 0.4) is 0 Å². The van der Waals surface area contributed by atoms with Crippen molar-refractivity contribution in [1.82, 2.24) is 5.32 Å². The third-order valence-electron chi connectivity index (χ3n) is 2.62. The third kappa shape index (κ3) is 4.62. The summed E-state index contributed by atoms with van der Waals surface area (Å²) in [6, 6.07) is 7.08. The lowest BCUT2D eigenvalue weighted by molar-refractivity contribution is -0.123. The summed E-state index contributed by atoms with van der Waals surface area (Å²) in [5, 5.41) is 2.75. The van der Waals surface area contributed by atoms with E-state index in [-0.39, 0.29) is 18.4 Å². The summed E-state index contributed by atoms with van der Waals surface area (Å²) in [6.45, 7) is 4.04. The molecular formula is C14H20N2O3. The Kier molecular flexibility index (Phi) is 5.85. The van der Waals surface area contributed by atoms with Crippen LogP contribution in [0.15, 0.2) is 24.3 Å². The van der Waals surface area contributed by atoms with Crippen LogP contribution in [0.2, 0.25) is 0 Å². The van der Waals surface area contributed by atoms with Gasteiger partial charge in [-0.25, -0.2) is 0 Å². The first-order valence-corrected chi connectivity index (χ1v) is 6.27. The standard InChI is InChI=1S/C14H20N2O3/c1-4-8-15-14(18)10-16(11(2)17)12-6-5-7-13(9-12)19-3/h5-7,9H,4,8,10H2,1-3H3,(H,15,18). The molecule has 0 aliphatic heterocycles. The van der Waals surface area contributed by atoms with Gasteiger partial charge in [0.05, 0.1) is 7.11 Å². The summed E-state index contributed by atoms with van der Waals surface area (Å²) in [5.74, 6) is 0.303. The van der Waals surface area contributed by atoms with E-state index in [4.69, 9.17) is 4.74 Å². The van der Waals surface area contributed by atoms with Gasteiger partial charge >= 0.3 is 0 Å². The van der Waals surface area contributed by atoms with E-state index in [1.54, 1.807) is 31.4 Å². The largest absolute Gasteiger partial charge is 0.497 e. The lowest BCUT2D eigenvalue weighted by atomic mass is 10.2. The third-order valence-corrected chi connectivity index (χ3v) is 2.62. The minimum absolute atomic E-state index is 0.0164. The predicted octanol–water partition coefficient (Wildman–Crippen LogP) is 1.57. The quantitative estimate of drug-likeness (QED) is 0.848. The Labute approximate surface area is 113 Å². The van der Waals surface area contributed by atoms with Gasteiger partial charge in [0.15, 0.2) is 0 Å². The molecular weight excluding hydrogens is 244 g/mol. The van der Waals surface area contributed by atoms with Crippen molar-refractivity contribution in [2.24, 2.45) is 0 Å². The summed E-state index contributed by atoms with van der Waals surface area (Å²) >= 11 is 0. The maximum atomic E-state index is 11.7. The van der Waals surface area contributed by atoms with Crippen molar-refractivity contribution >= 4 is 17.5 Å². The van der Waals surface area contributed by atoms with Gasteiger partial charge in [0, 0.05) is 25.2 Å². The van der Waals surface area contributed by atoms with Crippen LogP contribution in [-0.2, 0) is 9.59 Å². The molecule has 0 aliphatic carbocycles. The molecule has 1 aromatic carbocycles.